The number of esters is 7. The fourth-order valence-corrected chi connectivity index (χ4v) is 19.8. The lowest BCUT2D eigenvalue weighted by Gasteiger charge is -2.31. The molecule has 0 radical (unpaired) electrons. The van der Waals surface area contributed by atoms with Crippen molar-refractivity contribution in [1.82, 2.24) is 0 Å². The molecule has 11 aromatic carbocycles. The number of hydrogen-bond acceptors (Lipinski definition) is 15. The molecular weight excluding hydrogens is 1940 g/mol. The van der Waals surface area contributed by atoms with Crippen LogP contribution in [0.5, 0.6) is 46.0 Å². The van der Waals surface area contributed by atoms with E-state index in [-0.39, 0.29) is 116 Å². The Hall–Kier alpha value is -10.5. The molecule has 0 heterocycles. The molecule has 4 atom stereocenters. The van der Waals surface area contributed by atoms with Crippen LogP contribution >= 0.6 is 81.2 Å². The number of phenols is 1. The van der Waals surface area contributed by atoms with E-state index >= 15 is 33.6 Å². The zero-order chi connectivity index (χ0) is 101. The molecule has 0 spiro atoms. The van der Waals surface area contributed by atoms with Crippen molar-refractivity contribution in [3.8, 4) is 46.0 Å². The van der Waals surface area contributed by atoms with Gasteiger partial charge >= 0.3 is 41.8 Å². The van der Waals surface area contributed by atoms with Gasteiger partial charge in [-0.05, 0) is 220 Å². The van der Waals surface area contributed by atoms with Crippen molar-refractivity contribution >= 4 is 123 Å². The van der Waals surface area contributed by atoms with E-state index in [0.29, 0.717) is 125 Å². The van der Waals surface area contributed by atoms with E-state index < -0.39 is 65.5 Å². The second-order valence-electron chi connectivity index (χ2n) is 37.7. The van der Waals surface area contributed by atoms with Gasteiger partial charge in [0.2, 0.25) is 0 Å². The highest BCUT2D eigenvalue weighted by Crippen LogP contribution is 2.55. The van der Waals surface area contributed by atoms with E-state index in [1.807, 2.05) is 24.3 Å². The van der Waals surface area contributed by atoms with Gasteiger partial charge in [-0.25, -0.2) is 33.6 Å². The van der Waals surface area contributed by atoms with E-state index in [1.165, 1.54) is 6.07 Å². The van der Waals surface area contributed by atoms with Gasteiger partial charge in [0.15, 0.2) is 0 Å². The summed E-state index contributed by atoms with van der Waals surface area (Å²) in [5, 5.41) is 16.4. The minimum Gasteiger partial charge on any atom is -0.508 e. The zero-order valence-corrected chi connectivity index (χ0v) is 88.0. The molecule has 12 rings (SSSR count). The van der Waals surface area contributed by atoms with Crippen molar-refractivity contribution in [2.45, 2.75) is 308 Å². The van der Waals surface area contributed by atoms with E-state index in [0.717, 1.165) is 180 Å². The number of halogens is 7. The van der Waals surface area contributed by atoms with Crippen molar-refractivity contribution in [3.63, 3.8) is 0 Å². The Morgan fingerprint density at radius 3 is 0.483 bits per heavy atom. The Kier molecular flexibility index (Phi) is 45.6. The number of benzene rings is 11. The van der Waals surface area contributed by atoms with Gasteiger partial charge in [0.05, 0.1) is 38.9 Å². The number of unbranched alkanes of at least 4 members (excludes halogenated alkanes) is 32. The lowest BCUT2D eigenvalue weighted by Crippen LogP contribution is -2.20. The van der Waals surface area contributed by atoms with Crippen molar-refractivity contribution < 1.29 is 71.8 Å². The average molecular weight is 2080 g/mol. The first-order valence-electron chi connectivity index (χ1n) is 51.7. The Balaban J connectivity index is 1.29. The quantitative estimate of drug-likeness (QED) is 0.0214. The van der Waals surface area contributed by atoms with Crippen LogP contribution in [0.2, 0.25) is 35.2 Å². The van der Waals surface area contributed by atoms with Crippen molar-refractivity contribution in [1.29, 1.82) is 0 Å². The van der Waals surface area contributed by atoms with Crippen LogP contribution in [0.4, 0.5) is 0 Å². The normalized spacial score (nSPS) is 13.8. The van der Waals surface area contributed by atoms with Crippen LogP contribution in [0.25, 0.3) is 0 Å². The second kappa shape index (κ2) is 58.6. The molecule has 8 bridgehead atoms. The summed E-state index contributed by atoms with van der Waals surface area (Å²) >= 11 is 46.4. The van der Waals surface area contributed by atoms with E-state index in [1.54, 1.807) is 188 Å². The number of carbonyl (C=O) groups excluding carboxylic acids is 7. The molecule has 0 amide bonds. The molecule has 0 fully saturated rings. The van der Waals surface area contributed by atoms with Gasteiger partial charge < -0.3 is 38.3 Å². The van der Waals surface area contributed by atoms with Crippen molar-refractivity contribution in [2.75, 3.05) is 0 Å². The molecule has 15 nitrogen and oxygen atoms in total. The molecule has 1 unspecified atom stereocenters. The molecule has 1 N–H and O–H groups in total. The first-order chi connectivity index (χ1) is 69.5. The number of carbonyl (C=O) groups is 7. The summed E-state index contributed by atoms with van der Waals surface area (Å²) in [6, 6.07) is 57.4. The maximum Gasteiger partial charge on any atom is 0.343 e. The van der Waals surface area contributed by atoms with E-state index in [9.17, 15) is 5.11 Å². The smallest absolute Gasteiger partial charge is 0.343 e. The summed E-state index contributed by atoms with van der Waals surface area (Å²) in [6.07, 6.45) is 34.3. The van der Waals surface area contributed by atoms with E-state index in [2.05, 4.69) is 27.7 Å². The van der Waals surface area contributed by atoms with Crippen LogP contribution in [0.1, 0.15) is 425 Å². The third-order valence-corrected chi connectivity index (χ3v) is 28.7. The predicted octanol–water partition coefficient (Wildman–Crippen LogP) is 37.0. The van der Waals surface area contributed by atoms with Crippen LogP contribution in [0.3, 0.4) is 0 Å². The maximum absolute atomic E-state index is 15.9. The Labute approximate surface area is 879 Å². The molecule has 143 heavy (non-hydrogen) atoms. The largest absolute Gasteiger partial charge is 0.508 e. The van der Waals surface area contributed by atoms with Gasteiger partial charge in [0, 0.05) is 128 Å². The Morgan fingerprint density at radius 2 is 0.322 bits per heavy atom. The Bertz CT molecular complexity index is 5910. The molecule has 0 aromatic heterocycles. The molecule has 1 aliphatic carbocycles. The lowest BCUT2D eigenvalue weighted by molar-refractivity contribution is 0.0710. The standard InChI is InChI=1S/C121H133Cl7O15/c1-5-9-13-17-21-25-29-33-37-41-95-99-73-100(108(77-107(99)129)137-115(130)81-45-59-88(122)60-46-81)96(42-38-34-30-26-22-18-14-10-6-2)103-75-104(112(141-119(134)85-53-67-92(126)68-54-85)79-111(103)140-118(133)84-51-65-91(125)66-52-84)98(44-40-36-32-28-24-20-16-12-8-4)106-76-105(113(142-120(135)86-55-69-93(127)70-56-86)80-114(106)143-121(136)87-57-71-94(128)72-58-87)97(43-39-35-31-27-23-19-15-11-7-3)102-74-101(95)109(138-116(131)82-47-61-89(123)62-48-82)78-110(102)139-117(132)83-49-63-90(124)64-50-83/h45-80,95-98,129H,5-44H2,1-4H3/t95-,96+,97-,98?/m1/s1. The highest BCUT2D eigenvalue weighted by Gasteiger charge is 2.39. The fourth-order valence-electron chi connectivity index (χ4n) is 19.0. The summed E-state index contributed by atoms with van der Waals surface area (Å²) in [4.78, 5) is 111. The van der Waals surface area contributed by atoms with Gasteiger partial charge in [0.25, 0.3) is 0 Å². The molecule has 0 saturated carbocycles. The first kappa shape index (κ1) is 111. The predicted molar refractivity (Wildman–Crippen MR) is 577 cm³/mol. The third kappa shape index (κ3) is 33.8. The molecule has 0 aliphatic heterocycles. The van der Waals surface area contributed by atoms with Gasteiger partial charge in [-0.3, -0.25) is 0 Å². The van der Waals surface area contributed by atoms with Crippen LogP contribution in [-0.4, -0.2) is 46.9 Å². The van der Waals surface area contributed by atoms with Crippen molar-refractivity contribution in [2.24, 2.45) is 0 Å². The zero-order valence-electron chi connectivity index (χ0n) is 82.7. The molecule has 22 heteroatoms. The second-order valence-corrected chi connectivity index (χ2v) is 40.7. The molecule has 11 aromatic rings. The number of rotatable bonds is 54. The summed E-state index contributed by atoms with van der Waals surface area (Å²) in [6.45, 7) is 8.78. The fraction of sp³-hybridized carbons (Fsp3) is 0.397. The minimum absolute atomic E-state index is 0.0766. The lowest BCUT2D eigenvalue weighted by atomic mass is 9.76. The minimum atomic E-state index is -1.08. The molecule has 756 valence electrons. The van der Waals surface area contributed by atoms with Crippen molar-refractivity contribution in [3.05, 3.63) is 337 Å². The number of ether oxygens (including phenoxy) is 7. The third-order valence-electron chi connectivity index (χ3n) is 27.0. The van der Waals surface area contributed by atoms with Crippen LogP contribution in [0, 0.1) is 0 Å². The van der Waals surface area contributed by atoms with Crippen LogP contribution in [-0.2, 0) is 0 Å². The maximum atomic E-state index is 15.9. The summed E-state index contributed by atoms with van der Waals surface area (Å²) in [7, 11) is 0. The summed E-state index contributed by atoms with van der Waals surface area (Å²) < 4.78 is 49.1. The van der Waals surface area contributed by atoms with E-state index in [4.69, 9.17) is 114 Å². The SMILES string of the molecule is CCCCCCCCCCCC1c2cc(c(OC(=O)c3ccc(Cl)cc3)cc2OC(=O)c2ccc(Cl)cc2)[C@@H](CCCCCCCCCCC)c2cc(c(O)cc2OC(=O)c2ccc(Cl)cc2)[C@@H](CCCCCCCCCCC)c2cc(c(OC(=O)c3ccc(Cl)cc3)cc2OC(=O)c2ccc(Cl)cc2)[C@@H](CCCCCCCCCCC)c2cc1c(OC(=O)c1ccc(Cl)cc1)cc2OC(=O)c1ccc(Cl)cc1. The molecule has 0 saturated heterocycles. The average Bonchev–Trinajstić information content (AvgIpc) is 0.741. The van der Waals surface area contributed by atoms with Crippen LogP contribution < -0.4 is 33.2 Å². The monoisotopic (exact) mass is 2070 g/mol. The highest BCUT2D eigenvalue weighted by molar-refractivity contribution is 6.32. The molecular formula is C121H133Cl7O15. The Morgan fingerprint density at radius 1 is 0.189 bits per heavy atom. The van der Waals surface area contributed by atoms with Gasteiger partial charge in [0.1, 0.15) is 46.0 Å². The van der Waals surface area contributed by atoms with Gasteiger partial charge in [-0.15, -0.1) is 0 Å². The number of phenolic OH excluding ortho intramolecular Hbond substituents is 1. The van der Waals surface area contributed by atoms with Gasteiger partial charge in [-0.1, -0.05) is 340 Å². The number of aromatic hydroxyl groups is 1. The van der Waals surface area contributed by atoms with Gasteiger partial charge in [-0.2, -0.15) is 0 Å². The topological polar surface area (TPSA) is 204 Å². The number of hydrogen-bond donors (Lipinski definition) is 1. The first-order valence-corrected chi connectivity index (χ1v) is 54.4. The van der Waals surface area contributed by atoms with Crippen LogP contribution in [0.15, 0.2) is 218 Å². The summed E-state index contributed by atoms with van der Waals surface area (Å²) in [5.41, 5.74) is 3.31. The molecule has 1 aliphatic rings. The summed E-state index contributed by atoms with van der Waals surface area (Å²) in [5.74, 6) is -11.0. The highest BCUT2D eigenvalue weighted by atomic mass is 35.5. The number of fused-ring (bicyclic) bond motifs is 8.